The van der Waals surface area contributed by atoms with Crippen molar-refractivity contribution in [3.05, 3.63) is 35.4 Å². The minimum Gasteiger partial charge on any atom is -0.344 e. The van der Waals surface area contributed by atoms with E-state index in [-0.39, 0.29) is 12.1 Å². The number of nitrogens with zero attached hydrogens (tertiary/aromatic N) is 1. The van der Waals surface area contributed by atoms with Crippen LogP contribution in [0.1, 0.15) is 44.2 Å². The number of carbonyl (C=O) groups excluding carboxylic acids is 2. The van der Waals surface area contributed by atoms with Gasteiger partial charge < -0.3 is 10.2 Å². The predicted octanol–water partition coefficient (Wildman–Crippen LogP) is 2.40. The molecule has 1 aromatic carbocycles. The van der Waals surface area contributed by atoms with Gasteiger partial charge in [0.25, 0.3) is 0 Å². The van der Waals surface area contributed by atoms with E-state index >= 15 is 0 Å². The van der Waals surface area contributed by atoms with Crippen LogP contribution in [0.25, 0.3) is 0 Å². The van der Waals surface area contributed by atoms with Crippen molar-refractivity contribution < 1.29 is 9.59 Å². The Labute approximate surface area is 126 Å². The number of piperidine rings is 1. The summed E-state index contributed by atoms with van der Waals surface area (Å²) >= 11 is 0. The van der Waals surface area contributed by atoms with Crippen molar-refractivity contribution in [3.8, 4) is 0 Å². The van der Waals surface area contributed by atoms with Crippen LogP contribution in [-0.2, 0) is 16.1 Å². The van der Waals surface area contributed by atoms with Crippen molar-refractivity contribution in [3.63, 3.8) is 0 Å². The highest BCUT2D eigenvalue weighted by atomic mass is 16.2. The Morgan fingerprint density at radius 3 is 2.29 bits per heavy atom. The van der Waals surface area contributed by atoms with E-state index in [4.69, 9.17) is 0 Å². The van der Waals surface area contributed by atoms with Crippen LogP contribution in [0, 0.1) is 6.92 Å². The molecule has 114 valence electrons. The van der Waals surface area contributed by atoms with E-state index in [0.717, 1.165) is 24.8 Å². The van der Waals surface area contributed by atoms with Crippen LogP contribution < -0.4 is 5.32 Å². The van der Waals surface area contributed by atoms with Crippen LogP contribution in [0.5, 0.6) is 0 Å². The fourth-order valence-corrected chi connectivity index (χ4v) is 2.90. The molecule has 1 aliphatic heterocycles. The second kappa shape index (κ2) is 6.74. The van der Waals surface area contributed by atoms with E-state index in [1.54, 1.807) is 4.90 Å². The lowest BCUT2D eigenvalue weighted by Crippen LogP contribution is -2.52. The van der Waals surface area contributed by atoms with Crippen molar-refractivity contribution in [2.24, 2.45) is 0 Å². The first-order valence-electron chi connectivity index (χ1n) is 7.65. The maximum absolute atomic E-state index is 12.3. The molecule has 0 saturated carbocycles. The summed E-state index contributed by atoms with van der Waals surface area (Å²) in [6.07, 6.45) is 3.07. The highest BCUT2D eigenvalue weighted by Crippen LogP contribution is 2.22. The van der Waals surface area contributed by atoms with Crippen LogP contribution in [0.2, 0.25) is 0 Å². The van der Waals surface area contributed by atoms with E-state index in [1.807, 2.05) is 45.0 Å². The molecule has 1 aromatic rings. The van der Waals surface area contributed by atoms with E-state index in [9.17, 15) is 9.59 Å². The third-order valence-electron chi connectivity index (χ3n) is 4.20. The molecule has 1 fully saturated rings. The molecule has 21 heavy (non-hydrogen) atoms. The molecule has 2 amide bonds. The summed E-state index contributed by atoms with van der Waals surface area (Å²) in [5, 5.41) is 2.73. The summed E-state index contributed by atoms with van der Waals surface area (Å²) in [6.45, 7) is 6.44. The smallest absolute Gasteiger partial charge is 0.312 e. The van der Waals surface area contributed by atoms with Crippen LogP contribution >= 0.6 is 0 Å². The fraction of sp³-hybridized carbons (Fsp3) is 0.529. The van der Waals surface area contributed by atoms with Gasteiger partial charge in [0.1, 0.15) is 0 Å². The molecular weight excluding hydrogens is 264 g/mol. The van der Waals surface area contributed by atoms with Gasteiger partial charge in [0.15, 0.2) is 0 Å². The first kappa shape index (κ1) is 15.5. The summed E-state index contributed by atoms with van der Waals surface area (Å²) in [5.41, 5.74) is 2.18. The monoisotopic (exact) mass is 288 g/mol. The normalized spacial score (nSPS) is 22.0. The lowest BCUT2D eigenvalue weighted by molar-refractivity contribution is -0.150. The SMILES string of the molecule is Cc1ccc(CNC(=O)C(=O)N2C(C)CCCC2C)cc1. The number of nitrogens with one attached hydrogen (secondary N) is 1. The maximum atomic E-state index is 12.3. The molecule has 0 aliphatic carbocycles. The number of carbonyl (C=O) groups is 2. The van der Waals surface area contributed by atoms with Crippen LogP contribution in [0.3, 0.4) is 0 Å². The van der Waals surface area contributed by atoms with Crippen molar-refractivity contribution in [2.45, 2.75) is 58.7 Å². The van der Waals surface area contributed by atoms with Crippen molar-refractivity contribution in [2.75, 3.05) is 0 Å². The minimum absolute atomic E-state index is 0.145. The zero-order valence-electron chi connectivity index (χ0n) is 13.1. The molecular formula is C17H24N2O2. The van der Waals surface area contributed by atoms with Gasteiger partial charge in [-0.05, 0) is 45.6 Å². The molecule has 2 rings (SSSR count). The molecule has 1 heterocycles. The standard InChI is InChI=1S/C17H24N2O2/c1-12-7-9-15(10-8-12)11-18-16(20)17(21)19-13(2)5-4-6-14(19)3/h7-10,13-14H,4-6,11H2,1-3H3,(H,18,20). The van der Waals surface area contributed by atoms with E-state index in [1.165, 1.54) is 5.56 Å². The third kappa shape index (κ3) is 3.84. The third-order valence-corrected chi connectivity index (χ3v) is 4.20. The Morgan fingerprint density at radius 1 is 1.14 bits per heavy atom. The molecule has 4 nitrogen and oxygen atoms in total. The van der Waals surface area contributed by atoms with Gasteiger partial charge in [0.05, 0.1) is 0 Å². The van der Waals surface area contributed by atoms with Gasteiger partial charge in [-0.3, -0.25) is 9.59 Å². The molecule has 1 aliphatic rings. The molecule has 0 spiro atoms. The number of rotatable bonds is 2. The Hall–Kier alpha value is -1.84. The maximum Gasteiger partial charge on any atom is 0.312 e. The van der Waals surface area contributed by atoms with Gasteiger partial charge in [0.2, 0.25) is 0 Å². The molecule has 0 aromatic heterocycles. The van der Waals surface area contributed by atoms with Gasteiger partial charge in [-0.15, -0.1) is 0 Å². The number of hydrogen-bond donors (Lipinski definition) is 1. The largest absolute Gasteiger partial charge is 0.344 e. The zero-order chi connectivity index (χ0) is 15.4. The fourth-order valence-electron chi connectivity index (χ4n) is 2.90. The number of likely N-dealkylation sites (tertiary alicyclic amines) is 1. The summed E-state index contributed by atoms with van der Waals surface area (Å²) < 4.78 is 0. The van der Waals surface area contributed by atoms with Crippen LogP contribution in [0.4, 0.5) is 0 Å². The molecule has 1 N–H and O–H groups in total. The molecule has 1 saturated heterocycles. The highest BCUT2D eigenvalue weighted by Gasteiger charge is 2.32. The van der Waals surface area contributed by atoms with Crippen LogP contribution in [-0.4, -0.2) is 28.8 Å². The topological polar surface area (TPSA) is 49.4 Å². The van der Waals surface area contributed by atoms with Gasteiger partial charge >= 0.3 is 11.8 Å². The molecule has 4 heteroatoms. The molecule has 0 bridgehead atoms. The van der Waals surface area contributed by atoms with Gasteiger partial charge in [-0.2, -0.15) is 0 Å². The summed E-state index contributed by atoms with van der Waals surface area (Å²) in [5.74, 6) is -0.905. The number of aryl methyl sites for hydroxylation is 1. The van der Waals surface area contributed by atoms with Crippen molar-refractivity contribution >= 4 is 11.8 Å². The van der Waals surface area contributed by atoms with E-state index in [0.29, 0.717) is 6.54 Å². The Kier molecular flexibility index (Phi) is 4.99. The lowest BCUT2D eigenvalue weighted by atomic mass is 9.97. The summed E-state index contributed by atoms with van der Waals surface area (Å²) in [6, 6.07) is 8.21. The van der Waals surface area contributed by atoms with Gasteiger partial charge in [0, 0.05) is 18.6 Å². The quantitative estimate of drug-likeness (QED) is 0.850. The Balaban J connectivity index is 1.93. The average molecular weight is 288 g/mol. The first-order valence-corrected chi connectivity index (χ1v) is 7.65. The average Bonchev–Trinajstić information content (AvgIpc) is 2.46. The molecule has 2 atom stereocenters. The molecule has 2 unspecified atom stereocenters. The Bertz CT molecular complexity index is 500. The van der Waals surface area contributed by atoms with Gasteiger partial charge in [-0.25, -0.2) is 0 Å². The zero-order valence-corrected chi connectivity index (χ0v) is 13.1. The van der Waals surface area contributed by atoms with E-state index in [2.05, 4.69) is 5.32 Å². The predicted molar refractivity (Wildman–Crippen MR) is 82.6 cm³/mol. The molecule has 0 radical (unpaired) electrons. The first-order chi connectivity index (χ1) is 9.99. The highest BCUT2D eigenvalue weighted by molar-refractivity contribution is 6.35. The summed E-state index contributed by atoms with van der Waals surface area (Å²) in [4.78, 5) is 26.1. The van der Waals surface area contributed by atoms with Gasteiger partial charge in [-0.1, -0.05) is 29.8 Å². The number of amides is 2. The van der Waals surface area contributed by atoms with Crippen molar-refractivity contribution in [1.29, 1.82) is 0 Å². The Morgan fingerprint density at radius 2 is 1.71 bits per heavy atom. The minimum atomic E-state index is -0.504. The lowest BCUT2D eigenvalue weighted by Gasteiger charge is -2.38. The van der Waals surface area contributed by atoms with Crippen molar-refractivity contribution in [1.82, 2.24) is 10.2 Å². The number of benzene rings is 1. The summed E-state index contributed by atoms with van der Waals surface area (Å²) in [7, 11) is 0. The van der Waals surface area contributed by atoms with Crippen LogP contribution in [0.15, 0.2) is 24.3 Å². The number of hydrogen-bond acceptors (Lipinski definition) is 2. The second-order valence-corrected chi connectivity index (χ2v) is 6.01. The second-order valence-electron chi connectivity index (χ2n) is 6.01. The van der Waals surface area contributed by atoms with E-state index < -0.39 is 11.8 Å².